The molecule has 0 aliphatic carbocycles. The molecule has 0 saturated heterocycles. The van der Waals surface area contributed by atoms with Gasteiger partial charge in [-0.2, -0.15) is 5.10 Å². The first-order valence-corrected chi connectivity index (χ1v) is 4.64. The summed E-state index contributed by atoms with van der Waals surface area (Å²) in [6, 6.07) is 10.2. The Balaban J connectivity index is 2.65. The Bertz CT molecular complexity index is 323. The Morgan fingerprint density at radius 1 is 1.21 bits per heavy atom. The van der Waals surface area contributed by atoms with Crippen molar-refractivity contribution in [3.63, 3.8) is 0 Å². The molecule has 74 valence electrons. The van der Waals surface area contributed by atoms with Crippen molar-refractivity contribution >= 4 is 11.8 Å². The second-order valence-electron chi connectivity index (χ2n) is 3.33. The Morgan fingerprint density at radius 3 is 2.43 bits per heavy atom. The highest BCUT2D eigenvalue weighted by atomic mass is 15.4. The van der Waals surface area contributed by atoms with Crippen molar-refractivity contribution in [3.8, 4) is 0 Å². The van der Waals surface area contributed by atoms with E-state index in [2.05, 4.69) is 23.3 Å². The zero-order chi connectivity index (χ0) is 10.4. The van der Waals surface area contributed by atoms with Gasteiger partial charge in [0.15, 0.2) is 0 Å². The molecule has 0 aliphatic rings. The predicted octanol–water partition coefficient (Wildman–Crippen LogP) is 2.64. The molecule has 0 spiro atoms. The molecule has 0 fully saturated rings. The summed E-state index contributed by atoms with van der Waals surface area (Å²) in [5.41, 5.74) is 2.19. The van der Waals surface area contributed by atoms with Gasteiger partial charge in [0, 0.05) is 14.1 Å². The highest BCUT2D eigenvalue weighted by Crippen LogP contribution is 2.01. The Labute approximate surface area is 85.6 Å². The van der Waals surface area contributed by atoms with E-state index in [1.807, 2.05) is 45.3 Å². The van der Waals surface area contributed by atoms with E-state index in [1.54, 1.807) is 5.01 Å². The van der Waals surface area contributed by atoms with Crippen LogP contribution in [0.15, 0.2) is 41.5 Å². The zero-order valence-electron chi connectivity index (χ0n) is 8.94. The van der Waals surface area contributed by atoms with Crippen molar-refractivity contribution in [2.45, 2.75) is 6.92 Å². The van der Waals surface area contributed by atoms with Crippen LogP contribution in [0, 0.1) is 0 Å². The lowest BCUT2D eigenvalue weighted by atomic mass is 10.2. The number of nitrogens with zero attached hydrogens (tertiary/aromatic N) is 2. The van der Waals surface area contributed by atoms with Gasteiger partial charge in [0.2, 0.25) is 0 Å². The Kier molecular flexibility index (Phi) is 3.92. The standard InChI is InChI=1S/C12H16N2/c1-11(13-14(2)3)9-10-12-7-5-4-6-8-12/h4-10H,1-3H3/b10-9+,13-11?. The molecule has 0 amide bonds. The molecule has 1 aromatic rings. The van der Waals surface area contributed by atoms with E-state index in [0.717, 1.165) is 5.71 Å². The number of rotatable bonds is 3. The molecule has 0 unspecified atom stereocenters. The van der Waals surface area contributed by atoms with E-state index in [-0.39, 0.29) is 0 Å². The average Bonchev–Trinajstić information content (AvgIpc) is 2.15. The Morgan fingerprint density at radius 2 is 1.86 bits per heavy atom. The minimum absolute atomic E-state index is 0.999. The second kappa shape index (κ2) is 5.22. The first-order valence-electron chi connectivity index (χ1n) is 4.64. The molecule has 0 saturated carbocycles. The first-order chi connectivity index (χ1) is 6.68. The molecule has 1 aromatic carbocycles. The highest BCUT2D eigenvalue weighted by Gasteiger charge is 1.86. The minimum atomic E-state index is 0.999. The highest BCUT2D eigenvalue weighted by molar-refractivity contribution is 5.96. The van der Waals surface area contributed by atoms with E-state index in [0.29, 0.717) is 0 Å². The monoisotopic (exact) mass is 188 g/mol. The quantitative estimate of drug-likeness (QED) is 0.526. The van der Waals surface area contributed by atoms with E-state index >= 15 is 0 Å². The van der Waals surface area contributed by atoms with Crippen LogP contribution in [-0.2, 0) is 0 Å². The molecule has 0 aliphatic heterocycles. The van der Waals surface area contributed by atoms with Gasteiger partial charge in [-0.05, 0) is 18.6 Å². The lowest BCUT2D eigenvalue weighted by molar-refractivity contribution is 0.438. The van der Waals surface area contributed by atoms with E-state index < -0.39 is 0 Å². The van der Waals surface area contributed by atoms with Gasteiger partial charge in [-0.25, -0.2) is 0 Å². The molecular formula is C12H16N2. The number of hydrogen-bond donors (Lipinski definition) is 0. The summed E-state index contributed by atoms with van der Waals surface area (Å²) in [6.45, 7) is 1.99. The summed E-state index contributed by atoms with van der Waals surface area (Å²) in [5, 5.41) is 6.05. The maximum Gasteiger partial charge on any atom is 0.0574 e. The van der Waals surface area contributed by atoms with Crippen molar-refractivity contribution in [1.29, 1.82) is 0 Å². The van der Waals surface area contributed by atoms with Crippen LogP contribution in [0.1, 0.15) is 12.5 Å². The van der Waals surface area contributed by atoms with Gasteiger partial charge in [-0.15, -0.1) is 0 Å². The molecule has 0 N–H and O–H groups in total. The summed E-state index contributed by atoms with van der Waals surface area (Å²) in [4.78, 5) is 0. The largest absolute Gasteiger partial charge is 0.303 e. The number of benzene rings is 1. The van der Waals surface area contributed by atoms with Gasteiger partial charge in [0.05, 0.1) is 5.71 Å². The van der Waals surface area contributed by atoms with E-state index in [9.17, 15) is 0 Å². The van der Waals surface area contributed by atoms with Gasteiger partial charge in [0.1, 0.15) is 0 Å². The average molecular weight is 188 g/mol. The van der Waals surface area contributed by atoms with Gasteiger partial charge in [-0.1, -0.05) is 36.4 Å². The smallest absolute Gasteiger partial charge is 0.0574 e. The molecule has 0 atom stereocenters. The van der Waals surface area contributed by atoms with Crippen LogP contribution in [0.4, 0.5) is 0 Å². The molecule has 0 radical (unpaired) electrons. The Hall–Kier alpha value is -1.57. The van der Waals surface area contributed by atoms with Crippen molar-refractivity contribution < 1.29 is 0 Å². The van der Waals surface area contributed by atoms with E-state index in [4.69, 9.17) is 0 Å². The minimum Gasteiger partial charge on any atom is -0.303 e. The fourth-order valence-corrected chi connectivity index (χ4v) is 1.13. The lowest BCUT2D eigenvalue weighted by Crippen LogP contribution is -2.04. The fourth-order valence-electron chi connectivity index (χ4n) is 1.13. The number of allylic oxidation sites excluding steroid dienone is 1. The third-order valence-electron chi connectivity index (χ3n) is 1.67. The predicted molar refractivity (Wildman–Crippen MR) is 62.3 cm³/mol. The lowest BCUT2D eigenvalue weighted by Gasteiger charge is -2.03. The summed E-state index contributed by atoms with van der Waals surface area (Å²) >= 11 is 0. The van der Waals surface area contributed by atoms with Crippen LogP contribution in [-0.4, -0.2) is 24.8 Å². The van der Waals surface area contributed by atoms with Crippen molar-refractivity contribution in [3.05, 3.63) is 42.0 Å². The molecule has 14 heavy (non-hydrogen) atoms. The summed E-state index contributed by atoms with van der Waals surface area (Å²) in [6.07, 6.45) is 4.07. The zero-order valence-corrected chi connectivity index (χ0v) is 8.94. The van der Waals surface area contributed by atoms with Crippen LogP contribution in [0.25, 0.3) is 6.08 Å². The molecule has 2 heteroatoms. The van der Waals surface area contributed by atoms with Crippen LogP contribution in [0.2, 0.25) is 0 Å². The maximum atomic E-state index is 4.26. The van der Waals surface area contributed by atoms with Crippen molar-refractivity contribution in [2.75, 3.05) is 14.1 Å². The molecule has 1 rings (SSSR count). The van der Waals surface area contributed by atoms with Crippen molar-refractivity contribution in [2.24, 2.45) is 5.10 Å². The van der Waals surface area contributed by atoms with Crippen LogP contribution in [0.3, 0.4) is 0 Å². The molecule has 2 nitrogen and oxygen atoms in total. The normalized spacial score (nSPS) is 12.1. The third kappa shape index (κ3) is 3.90. The van der Waals surface area contributed by atoms with E-state index in [1.165, 1.54) is 5.56 Å². The van der Waals surface area contributed by atoms with Crippen molar-refractivity contribution in [1.82, 2.24) is 5.01 Å². The van der Waals surface area contributed by atoms with Crippen LogP contribution in [0.5, 0.6) is 0 Å². The number of hydrazone groups is 1. The van der Waals surface area contributed by atoms with Crippen LogP contribution < -0.4 is 0 Å². The maximum absolute atomic E-state index is 4.26. The SMILES string of the molecule is CC(/C=C/c1ccccc1)=NN(C)C. The molecule has 0 heterocycles. The molecule has 0 bridgehead atoms. The van der Waals surface area contributed by atoms with Gasteiger partial charge in [0.25, 0.3) is 0 Å². The fraction of sp³-hybridized carbons (Fsp3) is 0.250. The summed E-state index contributed by atoms with van der Waals surface area (Å²) in [5.74, 6) is 0. The van der Waals surface area contributed by atoms with Gasteiger partial charge >= 0.3 is 0 Å². The summed E-state index contributed by atoms with van der Waals surface area (Å²) < 4.78 is 0. The number of hydrogen-bond acceptors (Lipinski definition) is 2. The first kappa shape index (κ1) is 10.5. The van der Waals surface area contributed by atoms with Crippen LogP contribution >= 0.6 is 0 Å². The molecular weight excluding hydrogens is 172 g/mol. The second-order valence-corrected chi connectivity index (χ2v) is 3.33. The molecule has 0 aromatic heterocycles. The summed E-state index contributed by atoms with van der Waals surface area (Å²) in [7, 11) is 3.83. The topological polar surface area (TPSA) is 15.6 Å². The van der Waals surface area contributed by atoms with Gasteiger partial charge in [-0.3, -0.25) is 0 Å². The third-order valence-corrected chi connectivity index (χ3v) is 1.67. The van der Waals surface area contributed by atoms with Gasteiger partial charge < -0.3 is 5.01 Å².